The van der Waals surface area contributed by atoms with E-state index in [1.54, 1.807) is 6.20 Å². The second-order valence-electron chi connectivity index (χ2n) is 13.3. The molecule has 0 amide bonds. The van der Waals surface area contributed by atoms with Crippen molar-refractivity contribution >= 4 is 60.0 Å². The lowest BCUT2D eigenvalue weighted by atomic mass is 9.93. The molecule has 246 valence electrons. The van der Waals surface area contributed by atoms with Gasteiger partial charge in [-0.2, -0.15) is 0 Å². The summed E-state index contributed by atoms with van der Waals surface area (Å²) in [6.45, 7) is 0. The molecular weight excluding hydrogens is 649 g/mol. The van der Waals surface area contributed by atoms with Gasteiger partial charge in [0.15, 0.2) is 0 Å². The molecule has 0 saturated heterocycles. The maximum Gasteiger partial charge on any atom is 0.137 e. The summed E-state index contributed by atoms with van der Waals surface area (Å²) in [4.78, 5) is 25.0. The standard InChI is InChI=1S/C47H28N6/c1-2-10-30(11-3-1)43-46(40-13-5-8-24-49-40)52-44-36-26-31(16-15-29(36)19-22-41(44)50-43)32-17-21-35-38(27-32)37-28-33(39-12-4-7-23-48-39)18-20-34(37)45-47(35)53-25-9-6-14-42(53)51-45/h1-28H. The van der Waals surface area contributed by atoms with Crippen LogP contribution in [0.15, 0.2) is 170 Å². The molecule has 11 aromatic rings. The Hall–Kier alpha value is -7.31. The van der Waals surface area contributed by atoms with Crippen LogP contribution >= 0.6 is 0 Å². The second kappa shape index (κ2) is 11.6. The number of hydrogen-bond donors (Lipinski definition) is 0. The highest BCUT2D eigenvalue weighted by Gasteiger charge is 2.18. The van der Waals surface area contributed by atoms with Crippen LogP contribution < -0.4 is 0 Å². The van der Waals surface area contributed by atoms with Gasteiger partial charge in [0.1, 0.15) is 11.3 Å². The van der Waals surface area contributed by atoms with E-state index in [-0.39, 0.29) is 0 Å². The molecule has 6 heteroatoms. The van der Waals surface area contributed by atoms with Gasteiger partial charge in [-0.15, -0.1) is 0 Å². The molecule has 0 fully saturated rings. The fourth-order valence-electron chi connectivity index (χ4n) is 7.76. The van der Waals surface area contributed by atoms with E-state index in [9.17, 15) is 0 Å². The fraction of sp³-hybridized carbons (Fsp3) is 0. The number of nitrogens with zero attached hydrogens (tertiary/aromatic N) is 6. The van der Waals surface area contributed by atoms with Crippen molar-refractivity contribution in [1.29, 1.82) is 0 Å². The topological polar surface area (TPSA) is 68.9 Å². The number of benzene rings is 6. The van der Waals surface area contributed by atoms with E-state index < -0.39 is 0 Å². The third-order valence-electron chi connectivity index (χ3n) is 10.3. The SMILES string of the molecule is c1ccc(-c2nc3ccc4ccc(-c5ccc6c(c5)c5cc(-c7ccccn7)ccc5c5nc7ccccn7c65)cc4c3nc2-c2ccccn2)cc1. The molecule has 0 aliphatic carbocycles. The zero-order valence-corrected chi connectivity index (χ0v) is 28.3. The van der Waals surface area contributed by atoms with Gasteiger partial charge < -0.3 is 0 Å². The van der Waals surface area contributed by atoms with Gasteiger partial charge in [-0.3, -0.25) is 14.4 Å². The predicted octanol–water partition coefficient (Wildman–Crippen LogP) is 11.3. The molecule has 5 aromatic heterocycles. The maximum absolute atomic E-state index is 5.33. The summed E-state index contributed by atoms with van der Waals surface area (Å²) in [7, 11) is 0. The Morgan fingerprint density at radius 2 is 1.08 bits per heavy atom. The summed E-state index contributed by atoms with van der Waals surface area (Å²) in [5, 5.41) is 6.72. The smallest absolute Gasteiger partial charge is 0.137 e. The first-order chi connectivity index (χ1) is 26.3. The minimum atomic E-state index is 0.764. The van der Waals surface area contributed by atoms with Gasteiger partial charge in [0.05, 0.1) is 39.1 Å². The largest absolute Gasteiger partial charge is 0.299 e. The molecule has 53 heavy (non-hydrogen) atoms. The predicted molar refractivity (Wildman–Crippen MR) is 216 cm³/mol. The number of aromatic nitrogens is 6. The van der Waals surface area contributed by atoms with Crippen molar-refractivity contribution in [3.05, 3.63) is 170 Å². The van der Waals surface area contributed by atoms with Crippen molar-refractivity contribution in [2.24, 2.45) is 0 Å². The molecule has 11 rings (SSSR count). The molecule has 0 radical (unpaired) electrons. The Balaban J connectivity index is 1.16. The third-order valence-corrected chi connectivity index (χ3v) is 10.3. The molecule has 5 heterocycles. The van der Waals surface area contributed by atoms with Gasteiger partial charge in [-0.25, -0.2) is 15.0 Å². The molecule has 0 unspecified atom stereocenters. The Labute approximate surface area is 303 Å². The van der Waals surface area contributed by atoms with Gasteiger partial charge in [0.25, 0.3) is 0 Å². The van der Waals surface area contributed by atoms with Crippen molar-refractivity contribution in [1.82, 2.24) is 29.3 Å². The summed E-state index contributed by atoms with van der Waals surface area (Å²) in [6.07, 6.45) is 5.75. The van der Waals surface area contributed by atoms with Gasteiger partial charge in [-0.05, 0) is 87.9 Å². The van der Waals surface area contributed by atoms with Crippen molar-refractivity contribution in [2.45, 2.75) is 0 Å². The molecule has 0 bridgehead atoms. The molecular formula is C47H28N6. The zero-order chi connectivity index (χ0) is 34.9. The number of fused-ring (bicyclic) bond motifs is 11. The Bertz CT molecular complexity index is 3210. The van der Waals surface area contributed by atoms with Gasteiger partial charge >= 0.3 is 0 Å². The molecule has 0 N–H and O–H groups in total. The first kappa shape index (κ1) is 29.4. The minimum absolute atomic E-state index is 0.764. The van der Waals surface area contributed by atoms with Crippen LogP contribution in [-0.4, -0.2) is 29.3 Å². The van der Waals surface area contributed by atoms with E-state index in [4.69, 9.17) is 19.9 Å². The molecule has 6 nitrogen and oxygen atoms in total. The Morgan fingerprint density at radius 3 is 1.91 bits per heavy atom. The highest BCUT2D eigenvalue weighted by atomic mass is 15.0. The van der Waals surface area contributed by atoms with Crippen molar-refractivity contribution in [3.63, 3.8) is 0 Å². The van der Waals surface area contributed by atoms with E-state index in [2.05, 4.69) is 113 Å². The average molecular weight is 677 g/mol. The number of imidazole rings is 1. The summed E-state index contributed by atoms with van der Waals surface area (Å²) in [6, 6.07) is 52.6. The Morgan fingerprint density at radius 1 is 0.396 bits per heavy atom. The lowest BCUT2D eigenvalue weighted by Crippen LogP contribution is -1.97. The summed E-state index contributed by atoms with van der Waals surface area (Å²) in [5.41, 5.74) is 12.3. The lowest BCUT2D eigenvalue weighted by Gasteiger charge is -2.13. The van der Waals surface area contributed by atoms with Crippen molar-refractivity contribution in [3.8, 4) is 45.0 Å². The second-order valence-corrected chi connectivity index (χ2v) is 13.3. The molecule has 0 spiro atoms. The minimum Gasteiger partial charge on any atom is -0.299 e. The molecule has 0 atom stereocenters. The van der Waals surface area contributed by atoms with Crippen LogP contribution in [0.1, 0.15) is 0 Å². The lowest BCUT2D eigenvalue weighted by molar-refractivity contribution is 1.23. The number of hydrogen-bond acceptors (Lipinski definition) is 5. The van der Waals surface area contributed by atoms with E-state index in [1.165, 1.54) is 0 Å². The van der Waals surface area contributed by atoms with Crippen molar-refractivity contribution in [2.75, 3.05) is 0 Å². The third kappa shape index (κ3) is 4.70. The highest BCUT2D eigenvalue weighted by molar-refractivity contribution is 6.25. The van der Waals surface area contributed by atoms with Gasteiger partial charge in [0.2, 0.25) is 0 Å². The quantitative estimate of drug-likeness (QED) is 0.174. The molecule has 0 aliphatic rings. The number of pyridine rings is 3. The van der Waals surface area contributed by atoms with Crippen LogP contribution in [0.25, 0.3) is 105 Å². The van der Waals surface area contributed by atoms with E-state index in [0.717, 1.165) is 105 Å². The summed E-state index contributed by atoms with van der Waals surface area (Å²) in [5.74, 6) is 0. The Kier molecular flexibility index (Phi) is 6.45. The molecule has 0 saturated carbocycles. The van der Waals surface area contributed by atoms with Crippen molar-refractivity contribution < 1.29 is 0 Å². The summed E-state index contributed by atoms with van der Waals surface area (Å²) < 4.78 is 2.20. The van der Waals surface area contributed by atoms with Crippen LogP contribution in [0.2, 0.25) is 0 Å². The van der Waals surface area contributed by atoms with Crippen LogP contribution in [0.5, 0.6) is 0 Å². The van der Waals surface area contributed by atoms with Crippen LogP contribution in [0, 0.1) is 0 Å². The highest BCUT2D eigenvalue weighted by Crippen LogP contribution is 2.40. The van der Waals surface area contributed by atoms with Crippen LogP contribution in [0.4, 0.5) is 0 Å². The fourth-order valence-corrected chi connectivity index (χ4v) is 7.76. The normalized spacial score (nSPS) is 11.8. The molecule has 6 aromatic carbocycles. The van der Waals surface area contributed by atoms with Gasteiger partial charge in [0, 0.05) is 45.9 Å². The first-order valence-corrected chi connectivity index (χ1v) is 17.7. The first-order valence-electron chi connectivity index (χ1n) is 17.7. The van der Waals surface area contributed by atoms with E-state index in [0.29, 0.717) is 0 Å². The number of rotatable bonds is 4. The maximum atomic E-state index is 5.33. The van der Waals surface area contributed by atoms with Crippen LogP contribution in [0.3, 0.4) is 0 Å². The monoisotopic (exact) mass is 676 g/mol. The average Bonchev–Trinajstić information content (AvgIpc) is 3.64. The summed E-state index contributed by atoms with van der Waals surface area (Å²) >= 11 is 0. The van der Waals surface area contributed by atoms with Gasteiger partial charge in [-0.1, -0.05) is 91.0 Å². The van der Waals surface area contributed by atoms with Crippen LogP contribution in [-0.2, 0) is 0 Å². The van der Waals surface area contributed by atoms with E-state index >= 15 is 0 Å². The zero-order valence-electron chi connectivity index (χ0n) is 28.3. The molecule has 0 aliphatic heterocycles. The van der Waals surface area contributed by atoms with E-state index in [1.807, 2.05) is 60.8 Å².